The molecule has 0 aliphatic heterocycles. The minimum atomic E-state index is 0.266. The van der Waals surface area contributed by atoms with Gasteiger partial charge in [-0.1, -0.05) is 48.5 Å². The number of para-hydroxylation sites is 1. The lowest BCUT2D eigenvalue weighted by atomic mass is 10.0. The van der Waals surface area contributed by atoms with E-state index in [0.29, 0.717) is 5.89 Å². The maximum absolute atomic E-state index is 5.48. The number of H-pyrrole nitrogens is 2. The van der Waals surface area contributed by atoms with Gasteiger partial charge in [-0.15, -0.1) is 5.10 Å². The minimum absolute atomic E-state index is 0.266. The highest BCUT2D eigenvalue weighted by Gasteiger charge is 2.17. The first-order chi connectivity index (χ1) is 10.3. The topological polar surface area (TPSA) is 57.6 Å². The molecular weight excluding hydrogens is 282 g/mol. The van der Waals surface area contributed by atoms with Crippen molar-refractivity contribution in [2.75, 3.05) is 0 Å². The van der Waals surface area contributed by atoms with Crippen molar-refractivity contribution in [3.05, 3.63) is 59.4 Å². The smallest absolute Gasteiger partial charge is 0.284 e. The maximum atomic E-state index is 5.48. The highest BCUT2D eigenvalue weighted by molar-refractivity contribution is 7.71. The molecule has 0 aliphatic carbocycles. The summed E-state index contributed by atoms with van der Waals surface area (Å²) < 4.78 is 5.48. The number of fused-ring (bicyclic) bond motifs is 1. The normalized spacial score (nSPS) is 11.0. The second-order valence-corrected chi connectivity index (χ2v) is 5.08. The Hall–Kier alpha value is -2.66. The monoisotopic (exact) mass is 293 g/mol. The number of nitrogens with zero attached hydrogens (tertiary/aromatic N) is 1. The molecule has 2 N–H and O–H groups in total. The summed E-state index contributed by atoms with van der Waals surface area (Å²) in [6.45, 7) is 0. The van der Waals surface area contributed by atoms with Gasteiger partial charge in [-0.3, -0.25) is 0 Å². The summed E-state index contributed by atoms with van der Waals surface area (Å²) in [7, 11) is 0. The van der Waals surface area contributed by atoms with Crippen LogP contribution in [0.4, 0.5) is 0 Å². The first-order valence-electron chi connectivity index (χ1n) is 6.55. The van der Waals surface area contributed by atoms with Crippen LogP contribution in [0.3, 0.4) is 0 Å². The lowest BCUT2D eigenvalue weighted by molar-refractivity contribution is 0.550. The fourth-order valence-corrected chi connectivity index (χ4v) is 2.67. The van der Waals surface area contributed by atoms with Crippen LogP contribution in [0.1, 0.15) is 0 Å². The van der Waals surface area contributed by atoms with Crippen LogP contribution in [0.2, 0.25) is 0 Å². The van der Waals surface area contributed by atoms with Crippen LogP contribution >= 0.6 is 12.2 Å². The molecule has 21 heavy (non-hydrogen) atoms. The number of rotatable bonds is 2. The summed E-state index contributed by atoms with van der Waals surface area (Å²) in [5.74, 6) is 0.468. The molecule has 0 radical (unpaired) electrons. The molecule has 0 saturated heterocycles. The third-order valence-corrected chi connectivity index (χ3v) is 3.60. The zero-order valence-electron chi connectivity index (χ0n) is 11.0. The van der Waals surface area contributed by atoms with Gasteiger partial charge in [-0.2, -0.15) is 0 Å². The van der Waals surface area contributed by atoms with Crippen molar-refractivity contribution in [1.82, 2.24) is 15.2 Å². The van der Waals surface area contributed by atoms with Crippen molar-refractivity contribution in [3.8, 4) is 22.7 Å². The van der Waals surface area contributed by atoms with E-state index in [2.05, 4.69) is 33.4 Å². The van der Waals surface area contributed by atoms with E-state index in [4.69, 9.17) is 16.6 Å². The van der Waals surface area contributed by atoms with Gasteiger partial charge in [-0.25, -0.2) is 5.10 Å². The minimum Gasteiger partial charge on any atom is -0.408 e. The molecule has 5 heteroatoms. The second-order valence-electron chi connectivity index (χ2n) is 4.70. The van der Waals surface area contributed by atoms with E-state index >= 15 is 0 Å². The molecule has 0 atom stereocenters. The molecule has 0 amide bonds. The Morgan fingerprint density at radius 1 is 0.952 bits per heavy atom. The SMILES string of the molecule is S=c1[nH]nc(-c2[nH]c3ccccc3c2-c2ccccc2)o1. The molecule has 2 heterocycles. The van der Waals surface area contributed by atoms with Crippen LogP contribution in [0.25, 0.3) is 33.6 Å². The van der Waals surface area contributed by atoms with E-state index < -0.39 is 0 Å². The molecule has 0 aliphatic rings. The van der Waals surface area contributed by atoms with Gasteiger partial charge in [0.2, 0.25) is 0 Å². The zero-order valence-corrected chi connectivity index (χ0v) is 11.8. The Morgan fingerprint density at radius 3 is 2.48 bits per heavy atom. The Labute approximate surface area is 125 Å². The summed E-state index contributed by atoms with van der Waals surface area (Å²) in [4.78, 5) is 3.64. The van der Waals surface area contributed by atoms with Gasteiger partial charge in [-0.05, 0) is 23.8 Å². The van der Waals surface area contributed by atoms with Crippen molar-refractivity contribution in [2.45, 2.75) is 0 Å². The van der Waals surface area contributed by atoms with Crippen LogP contribution in [-0.4, -0.2) is 15.2 Å². The van der Waals surface area contributed by atoms with Crippen LogP contribution in [0.15, 0.2) is 59.0 Å². The largest absolute Gasteiger partial charge is 0.408 e. The van der Waals surface area contributed by atoms with Gasteiger partial charge in [0.15, 0.2) is 0 Å². The first kappa shape index (κ1) is 12.1. The molecule has 0 unspecified atom stereocenters. The molecular formula is C16H11N3OS. The summed E-state index contributed by atoms with van der Waals surface area (Å²) in [5.41, 5.74) is 4.04. The number of aromatic amines is 2. The maximum Gasteiger partial charge on any atom is 0.284 e. The number of hydrogen-bond donors (Lipinski definition) is 2. The van der Waals surface area contributed by atoms with E-state index in [1.54, 1.807) is 0 Å². The van der Waals surface area contributed by atoms with Gasteiger partial charge < -0.3 is 9.40 Å². The Morgan fingerprint density at radius 2 is 1.71 bits per heavy atom. The molecule has 0 spiro atoms. The highest BCUT2D eigenvalue weighted by atomic mass is 32.1. The number of nitrogens with one attached hydrogen (secondary N) is 2. The predicted octanol–water partition coefficient (Wildman–Crippen LogP) is 4.55. The summed E-state index contributed by atoms with van der Waals surface area (Å²) in [6, 6.07) is 18.3. The average molecular weight is 293 g/mol. The number of benzene rings is 2. The lowest BCUT2D eigenvalue weighted by Gasteiger charge is -2.02. The van der Waals surface area contributed by atoms with Gasteiger partial charge in [0, 0.05) is 16.5 Å². The zero-order chi connectivity index (χ0) is 14.2. The van der Waals surface area contributed by atoms with E-state index in [-0.39, 0.29) is 4.84 Å². The van der Waals surface area contributed by atoms with Gasteiger partial charge in [0.25, 0.3) is 10.7 Å². The fraction of sp³-hybridized carbons (Fsp3) is 0. The Balaban J connectivity index is 2.09. The first-order valence-corrected chi connectivity index (χ1v) is 6.96. The van der Waals surface area contributed by atoms with Crippen LogP contribution in [0.5, 0.6) is 0 Å². The molecule has 4 nitrogen and oxygen atoms in total. The van der Waals surface area contributed by atoms with Crippen molar-refractivity contribution in [2.24, 2.45) is 0 Å². The summed E-state index contributed by atoms with van der Waals surface area (Å²) in [5, 5.41) is 7.94. The Kier molecular flexibility index (Phi) is 2.72. The Bertz CT molecular complexity index is 966. The molecule has 0 saturated carbocycles. The third kappa shape index (κ3) is 1.98. The van der Waals surface area contributed by atoms with E-state index in [9.17, 15) is 0 Å². The quantitative estimate of drug-likeness (QED) is 0.533. The number of hydrogen-bond acceptors (Lipinski definition) is 3. The summed E-state index contributed by atoms with van der Waals surface area (Å²) in [6.07, 6.45) is 0. The molecule has 0 fully saturated rings. The van der Waals surface area contributed by atoms with E-state index in [1.807, 2.05) is 36.4 Å². The molecule has 4 aromatic rings. The van der Waals surface area contributed by atoms with Gasteiger partial charge in [0.1, 0.15) is 5.69 Å². The molecule has 4 rings (SSSR count). The van der Waals surface area contributed by atoms with Gasteiger partial charge in [0.05, 0.1) is 0 Å². The van der Waals surface area contributed by atoms with Gasteiger partial charge >= 0.3 is 0 Å². The standard InChI is InChI=1S/C16H11N3OS/c21-16-19-18-15(20-16)14-13(10-6-2-1-3-7-10)11-8-4-5-9-12(11)17-14/h1-9,17H,(H,19,21). The fourth-order valence-electron chi connectivity index (χ4n) is 2.54. The second kappa shape index (κ2) is 4.71. The predicted molar refractivity (Wildman–Crippen MR) is 84.4 cm³/mol. The molecule has 2 aromatic carbocycles. The lowest BCUT2D eigenvalue weighted by Crippen LogP contribution is -1.83. The van der Waals surface area contributed by atoms with E-state index in [1.165, 1.54) is 0 Å². The summed E-state index contributed by atoms with van der Waals surface area (Å²) >= 11 is 4.98. The van der Waals surface area contributed by atoms with Crippen molar-refractivity contribution < 1.29 is 4.42 Å². The van der Waals surface area contributed by atoms with Crippen molar-refractivity contribution in [1.29, 1.82) is 0 Å². The van der Waals surface area contributed by atoms with Crippen LogP contribution < -0.4 is 0 Å². The molecule has 0 bridgehead atoms. The number of aromatic nitrogens is 3. The highest BCUT2D eigenvalue weighted by Crippen LogP contribution is 2.37. The van der Waals surface area contributed by atoms with Crippen LogP contribution in [-0.2, 0) is 0 Å². The molecule has 102 valence electrons. The van der Waals surface area contributed by atoms with Crippen molar-refractivity contribution in [3.63, 3.8) is 0 Å². The van der Waals surface area contributed by atoms with Crippen molar-refractivity contribution >= 4 is 23.1 Å². The van der Waals surface area contributed by atoms with Crippen LogP contribution in [0, 0.1) is 4.84 Å². The average Bonchev–Trinajstić information content (AvgIpc) is 3.11. The van der Waals surface area contributed by atoms with E-state index in [0.717, 1.165) is 27.7 Å². The third-order valence-electron chi connectivity index (χ3n) is 3.42. The molecule has 2 aromatic heterocycles.